The van der Waals surface area contributed by atoms with Gasteiger partial charge in [0, 0.05) is 12.8 Å². The maximum absolute atomic E-state index is 10.1. The first-order valence-electron chi connectivity index (χ1n) is 3.32. The average Bonchev–Trinajstić information content (AvgIpc) is 1.87. The molecule has 0 fully saturated rings. The zero-order valence-electron chi connectivity index (χ0n) is 6.32. The van der Waals surface area contributed by atoms with Gasteiger partial charge in [0.15, 0.2) is 0 Å². The Balaban J connectivity index is 3.76. The number of ether oxygens (including phenoxy) is 1. The monoisotopic (exact) mass is 156 g/mol. The summed E-state index contributed by atoms with van der Waals surface area (Å²) in [5, 5.41) is 8.25. The van der Waals surface area contributed by atoms with E-state index in [0.29, 0.717) is 12.8 Å². The van der Waals surface area contributed by atoms with Crippen molar-refractivity contribution in [2.75, 3.05) is 0 Å². The zero-order valence-corrected chi connectivity index (χ0v) is 6.32. The lowest BCUT2D eigenvalue weighted by atomic mass is 10.2. The van der Waals surface area contributed by atoms with Crippen LogP contribution in [0.1, 0.15) is 12.8 Å². The van der Waals surface area contributed by atoms with Crippen molar-refractivity contribution in [2.45, 2.75) is 18.9 Å². The van der Waals surface area contributed by atoms with E-state index in [-0.39, 0.29) is 6.10 Å². The van der Waals surface area contributed by atoms with Crippen molar-refractivity contribution in [3.63, 3.8) is 0 Å². The summed E-state index contributed by atoms with van der Waals surface area (Å²) >= 11 is 0. The molecule has 3 nitrogen and oxygen atoms in total. The summed E-state index contributed by atoms with van der Waals surface area (Å²) in [5.74, 6) is 0. The van der Waals surface area contributed by atoms with E-state index >= 15 is 0 Å². The maximum Gasteiger partial charge on any atom is 0.506 e. The van der Waals surface area contributed by atoms with Crippen molar-refractivity contribution < 1.29 is 14.6 Å². The Morgan fingerprint density at radius 2 is 1.91 bits per heavy atom. The minimum absolute atomic E-state index is 0.331. The molecule has 0 aromatic rings. The van der Waals surface area contributed by atoms with Crippen LogP contribution in [0.25, 0.3) is 0 Å². The summed E-state index contributed by atoms with van der Waals surface area (Å²) < 4.78 is 4.51. The van der Waals surface area contributed by atoms with Crippen molar-refractivity contribution in [1.82, 2.24) is 0 Å². The molecule has 11 heavy (non-hydrogen) atoms. The molecular formula is C8H12O3. The minimum Gasteiger partial charge on any atom is -0.450 e. The number of carbonyl (C=O) groups is 1. The lowest BCUT2D eigenvalue weighted by molar-refractivity contribution is 0.0542. The van der Waals surface area contributed by atoms with E-state index in [1.54, 1.807) is 12.2 Å². The number of hydrogen-bond acceptors (Lipinski definition) is 2. The minimum atomic E-state index is -1.25. The molecule has 0 aliphatic carbocycles. The third kappa shape index (κ3) is 5.21. The molecule has 0 saturated heterocycles. The molecule has 0 bridgehead atoms. The first-order valence-corrected chi connectivity index (χ1v) is 3.32. The molecule has 0 rings (SSSR count). The Hall–Kier alpha value is -1.25. The van der Waals surface area contributed by atoms with Crippen molar-refractivity contribution in [3.8, 4) is 0 Å². The van der Waals surface area contributed by atoms with Gasteiger partial charge in [-0.2, -0.15) is 0 Å². The van der Waals surface area contributed by atoms with Gasteiger partial charge in [-0.05, 0) is 0 Å². The number of rotatable bonds is 5. The molecule has 0 radical (unpaired) electrons. The van der Waals surface area contributed by atoms with Gasteiger partial charge < -0.3 is 9.84 Å². The Kier molecular flexibility index (Phi) is 4.90. The van der Waals surface area contributed by atoms with Crippen LogP contribution < -0.4 is 0 Å². The normalized spacial score (nSPS) is 9.18. The molecule has 62 valence electrons. The molecule has 0 atom stereocenters. The Morgan fingerprint density at radius 3 is 2.18 bits per heavy atom. The van der Waals surface area contributed by atoms with Gasteiger partial charge in [-0.25, -0.2) is 4.79 Å². The summed E-state index contributed by atoms with van der Waals surface area (Å²) in [7, 11) is 0. The molecule has 0 aromatic heterocycles. The SMILES string of the molecule is C=CCC(CC=C)OC(=O)O. The van der Waals surface area contributed by atoms with Crippen LogP contribution in [0.4, 0.5) is 4.79 Å². The maximum atomic E-state index is 10.1. The molecule has 0 aromatic carbocycles. The molecule has 0 saturated carbocycles. The number of carboxylic acid groups (broad SMARTS) is 1. The van der Waals surface area contributed by atoms with E-state index in [9.17, 15) is 4.79 Å². The smallest absolute Gasteiger partial charge is 0.450 e. The predicted molar refractivity (Wildman–Crippen MR) is 42.5 cm³/mol. The van der Waals surface area contributed by atoms with E-state index in [1.165, 1.54) is 0 Å². The van der Waals surface area contributed by atoms with Crippen molar-refractivity contribution in [3.05, 3.63) is 25.3 Å². The van der Waals surface area contributed by atoms with E-state index in [4.69, 9.17) is 5.11 Å². The van der Waals surface area contributed by atoms with Crippen molar-refractivity contribution in [1.29, 1.82) is 0 Å². The van der Waals surface area contributed by atoms with Crippen LogP contribution in [0.15, 0.2) is 25.3 Å². The zero-order chi connectivity index (χ0) is 8.69. The second-order valence-corrected chi connectivity index (χ2v) is 2.05. The quantitative estimate of drug-likeness (QED) is 0.490. The number of hydrogen-bond donors (Lipinski definition) is 1. The Bertz CT molecular complexity index is 141. The van der Waals surface area contributed by atoms with Crippen LogP contribution in [0, 0.1) is 0 Å². The van der Waals surface area contributed by atoms with Gasteiger partial charge in [0.05, 0.1) is 0 Å². The van der Waals surface area contributed by atoms with E-state index in [0.717, 1.165) is 0 Å². The van der Waals surface area contributed by atoms with Crippen molar-refractivity contribution in [2.24, 2.45) is 0 Å². The molecule has 1 N–H and O–H groups in total. The fourth-order valence-electron chi connectivity index (χ4n) is 0.707. The van der Waals surface area contributed by atoms with E-state index < -0.39 is 6.16 Å². The standard InChI is InChI=1S/C8H12O3/c1-3-5-7(6-4-2)11-8(9)10/h3-4,7H,1-2,5-6H2,(H,9,10). The molecule has 0 amide bonds. The molecule has 0 aliphatic rings. The van der Waals surface area contributed by atoms with Crippen LogP contribution in [-0.4, -0.2) is 17.4 Å². The van der Waals surface area contributed by atoms with E-state index in [1.807, 2.05) is 0 Å². The summed E-state index contributed by atoms with van der Waals surface area (Å²) in [6.07, 6.45) is 2.71. The van der Waals surface area contributed by atoms with Crippen LogP contribution in [-0.2, 0) is 4.74 Å². The largest absolute Gasteiger partial charge is 0.506 e. The Morgan fingerprint density at radius 1 is 1.45 bits per heavy atom. The molecule has 0 spiro atoms. The van der Waals surface area contributed by atoms with Crippen LogP contribution in [0.3, 0.4) is 0 Å². The summed E-state index contributed by atoms with van der Waals surface area (Å²) in [6.45, 7) is 6.97. The van der Waals surface area contributed by atoms with Crippen molar-refractivity contribution >= 4 is 6.16 Å². The first-order chi connectivity index (χ1) is 5.20. The molecule has 3 heteroatoms. The summed E-state index contributed by atoms with van der Waals surface area (Å²) in [6, 6.07) is 0. The average molecular weight is 156 g/mol. The highest BCUT2D eigenvalue weighted by molar-refractivity contribution is 5.57. The topological polar surface area (TPSA) is 46.5 Å². The highest BCUT2D eigenvalue weighted by Crippen LogP contribution is 2.05. The lowest BCUT2D eigenvalue weighted by Crippen LogP contribution is -2.14. The fraction of sp³-hybridized carbons (Fsp3) is 0.375. The third-order valence-corrected chi connectivity index (χ3v) is 1.13. The van der Waals surface area contributed by atoms with Gasteiger partial charge in [0.25, 0.3) is 0 Å². The highest BCUT2D eigenvalue weighted by Gasteiger charge is 2.08. The van der Waals surface area contributed by atoms with E-state index in [2.05, 4.69) is 17.9 Å². The summed E-state index contributed by atoms with van der Waals surface area (Å²) in [4.78, 5) is 10.1. The van der Waals surface area contributed by atoms with Gasteiger partial charge in [-0.1, -0.05) is 12.2 Å². The molecule has 0 aliphatic heterocycles. The van der Waals surface area contributed by atoms with Crippen LogP contribution in [0.5, 0.6) is 0 Å². The Labute approximate surface area is 66.0 Å². The first kappa shape index (κ1) is 9.75. The second-order valence-electron chi connectivity index (χ2n) is 2.05. The highest BCUT2D eigenvalue weighted by atomic mass is 16.7. The van der Waals surface area contributed by atoms with Crippen LogP contribution >= 0.6 is 0 Å². The predicted octanol–water partition coefficient (Wildman–Crippen LogP) is 2.20. The second kappa shape index (κ2) is 5.53. The van der Waals surface area contributed by atoms with Gasteiger partial charge in [0.1, 0.15) is 6.10 Å². The fourth-order valence-corrected chi connectivity index (χ4v) is 0.707. The summed E-state index contributed by atoms with van der Waals surface area (Å²) in [5.41, 5.74) is 0. The van der Waals surface area contributed by atoms with Gasteiger partial charge >= 0.3 is 6.16 Å². The lowest BCUT2D eigenvalue weighted by Gasteiger charge is -2.10. The third-order valence-electron chi connectivity index (χ3n) is 1.13. The molecule has 0 unspecified atom stereocenters. The van der Waals surface area contributed by atoms with Gasteiger partial charge in [-0.3, -0.25) is 0 Å². The van der Waals surface area contributed by atoms with Gasteiger partial charge in [-0.15, -0.1) is 13.2 Å². The molecular weight excluding hydrogens is 144 g/mol. The molecule has 0 heterocycles. The van der Waals surface area contributed by atoms with Crippen LogP contribution in [0.2, 0.25) is 0 Å². The van der Waals surface area contributed by atoms with Gasteiger partial charge in [0.2, 0.25) is 0 Å².